The molecule has 0 saturated carbocycles. The summed E-state index contributed by atoms with van der Waals surface area (Å²) in [5.74, 6) is 0. The molecule has 1 aromatic rings. The maximum Gasteiger partial charge on any atom is 0.238 e. The second-order valence-electron chi connectivity index (χ2n) is 3.46. The van der Waals surface area contributed by atoms with Gasteiger partial charge in [0.1, 0.15) is 6.10 Å². The topological polar surface area (TPSA) is 124 Å². The van der Waals surface area contributed by atoms with Crippen LogP contribution in [0.15, 0.2) is 29.2 Å². The van der Waals surface area contributed by atoms with Gasteiger partial charge in [-0.25, -0.2) is 13.6 Å². The molecule has 92 valence electrons. The quantitative estimate of drug-likeness (QED) is 0.678. The van der Waals surface area contributed by atoms with Crippen LogP contribution in [-0.2, 0) is 10.0 Å². The van der Waals surface area contributed by atoms with E-state index in [9.17, 15) is 18.6 Å². The molecule has 0 heterocycles. The summed E-state index contributed by atoms with van der Waals surface area (Å²) in [5.41, 5.74) is -0.0160. The lowest BCUT2D eigenvalue weighted by Gasteiger charge is -2.17. The molecule has 0 aromatic heterocycles. The number of aliphatic hydroxyl groups is 2. The average Bonchev–Trinajstić information content (AvgIpc) is 2.27. The van der Waals surface area contributed by atoms with E-state index in [0.717, 1.165) is 0 Å². The first kappa shape index (κ1) is 13.6. The monoisotopic (exact) mass is 256 g/mol. The summed E-state index contributed by atoms with van der Waals surface area (Å²) in [6, 6.07) is 7.21. The van der Waals surface area contributed by atoms with Gasteiger partial charge in [-0.2, -0.15) is 5.26 Å². The van der Waals surface area contributed by atoms with Gasteiger partial charge < -0.3 is 10.2 Å². The number of hydrogen-bond acceptors (Lipinski definition) is 5. The fourth-order valence-corrected chi connectivity index (χ4v) is 2.18. The molecular weight excluding hydrogens is 244 g/mol. The first-order chi connectivity index (χ1) is 7.88. The van der Waals surface area contributed by atoms with Crippen molar-refractivity contribution in [2.75, 3.05) is 0 Å². The molecule has 1 rings (SSSR count). The summed E-state index contributed by atoms with van der Waals surface area (Å²) in [6.07, 6.45) is -3.13. The molecule has 0 amide bonds. The van der Waals surface area contributed by atoms with Crippen molar-refractivity contribution in [3.63, 3.8) is 0 Å². The normalized spacial score (nSPS) is 14.9. The predicted molar refractivity (Wildman–Crippen MR) is 59.0 cm³/mol. The summed E-state index contributed by atoms with van der Waals surface area (Å²) in [4.78, 5) is -0.260. The number of aliphatic hydroxyl groups excluding tert-OH is 2. The lowest BCUT2D eigenvalue weighted by atomic mass is 10.0. The largest absolute Gasteiger partial charge is 0.389 e. The van der Waals surface area contributed by atoms with Gasteiger partial charge in [-0.05, 0) is 6.07 Å². The van der Waals surface area contributed by atoms with Crippen molar-refractivity contribution >= 4 is 10.0 Å². The third kappa shape index (κ3) is 3.25. The summed E-state index contributed by atoms with van der Waals surface area (Å²) >= 11 is 0. The lowest BCUT2D eigenvalue weighted by molar-refractivity contribution is 0.0200. The van der Waals surface area contributed by atoms with Gasteiger partial charge in [0.2, 0.25) is 10.0 Å². The van der Waals surface area contributed by atoms with Crippen LogP contribution >= 0.6 is 0 Å². The summed E-state index contributed by atoms with van der Waals surface area (Å²) < 4.78 is 22.5. The second kappa shape index (κ2) is 5.25. The van der Waals surface area contributed by atoms with Gasteiger partial charge in [-0.15, -0.1) is 0 Å². The van der Waals surface area contributed by atoms with Gasteiger partial charge in [0.25, 0.3) is 0 Å². The van der Waals surface area contributed by atoms with Crippen LogP contribution < -0.4 is 5.14 Å². The van der Waals surface area contributed by atoms with Gasteiger partial charge in [-0.1, -0.05) is 18.2 Å². The van der Waals surface area contributed by atoms with E-state index < -0.39 is 22.2 Å². The van der Waals surface area contributed by atoms with E-state index in [4.69, 9.17) is 10.4 Å². The van der Waals surface area contributed by atoms with Crippen LogP contribution in [0.4, 0.5) is 0 Å². The molecule has 17 heavy (non-hydrogen) atoms. The van der Waals surface area contributed by atoms with Crippen molar-refractivity contribution in [1.29, 1.82) is 5.26 Å². The van der Waals surface area contributed by atoms with Crippen LogP contribution in [0, 0.1) is 11.3 Å². The van der Waals surface area contributed by atoms with Gasteiger partial charge in [0.05, 0.1) is 23.5 Å². The third-order valence-corrected chi connectivity index (χ3v) is 3.19. The van der Waals surface area contributed by atoms with Crippen LogP contribution in [0.1, 0.15) is 18.1 Å². The lowest BCUT2D eigenvalue weighted by Crippen LogP contribution is -2.22. The Bertz CT molecular complexity index is 535. The molecule has 0 fully saturated rings. The summed E-state index contributed by atoms with van der Waals surface area (Å²) in [7, 11) is -3.98. The van der Waals surface area contributed by atoms with E-state index in [1.54, 1.807) is 6.07 Å². The number of nitrogens with two attached hydrogens (primary N) is 1. The molecule has 6 nitrogen and oxygen atoms in total. The number of primary sulfonamides is 1. The van der Waals surface area contributed by atoms with Gasteiger partial charge in [0.15, 0.2) is 0 Å². The fraction of sp³-hybridized carbons (Fsp3) is 0.300. The first-order valence-corrected chi connectivity index (χ1v) is 6.27. The Morgan fingerprint density at radius 2 is 1.94 bits per heavy atom. The molecule has 4 N–H and O–H groups in total. The highest BCUT2D eigenvalue weighted by Gasteiger charge is 2.24. The van der Waals surface area contributed by atoms with E-state index in [1.807, 2.05) is 0 Å². The van der Waals surface area contributed by atoms with E-state index in [1.165, 1.54) is 24.3 Å². The number of benzene rings is 1. The van der Waals surface area contributed by atoms with Crippen molar-refractivity contribution < 1.29 is 18.6 Å². The summed E-state index contributed by atoms with van der Waals surface area (Å²) in [5, 5.41) is 32.6. The number of sulfonamides is 1. The minimum Gasteiger partial charge on any atom is -0.389 e. The number of nitriles is 1. The van der Waals surface area contributed by atoms with E-state index in [2.05, 4.69) is 0 Å². The Morgan fingerprint density at radius 3 is 2.47 bits per heavy atom. The van der Waals surface area contributed by atoms with Crippen molar-refractivity contribution in [3.8, 4) is 6.07 Å². The van der Waals surface area contributed by atoms with E-state index in [-0.39, 0.29) is 16.9 Å². The first-order valence-electron chi connectivity index (χ1n) is 4.72. The zero-order valence-corrected chi connectivity index (χ0v) is 9.63. The van der Waals surface area contributed by atoms with Crippen molar-refractivity contribution in [1.82, 2.24) is 0 Å². The molecule has 0 radical (unpaired) electrons. The number of nitrogens with zero attached hydrogens (tertiary/aromatic N) is 1. The molecule has 0 bridgehead atoms. The zero-order chi connectivity index (χ0) is 13.1. The van der Waals surface area contributed by atoms with Gasteiger partial charge >= 0.3 is 0 Å². The number of hydrogen-bond donors (Lipinski definition) is 3. The molecule has 2 atom stereocenters. The average molecular weight is 256 g/mol. The smallest absolute Gasteiger partial charge is 0.238 e. The Labute approximate surface area is 99.0 Å². The highest BCUT2D eigenvalue weighted by Crippen LogP contribution is 2.24. The maximum atomic E-state index is 11.3. The third-order valence-electron chi connectivity index (χ3n) is 2.21. The molecule has 7 heteroatoms. The molecule has 1 aromatic carbocycles. The van der Waals surface area contributed by atoms with Crippen LogP contribution in [0.2, 0.25) is 0 Å². The Balaban J connectivity index is 3.19. The molecule has 0 aliphatic rings. The molecule has 0 aliphatic heterocycles. The Morgan fingerprint density at radius 1 is 1.35 bits per heavy atom. The van der Waals surface area contributed by atoms with Gasteiger partial charge in [-0.3, -0.25) is 0 Å². The second-order valence-corrected chi connectivity index (χ2v) is 4.99. The number of rotatable bonds is 4. The maximum absolute atomic E-state index is 11.3. The standard InChI is InChI=1S/C10H12N2O4S/c11-6-5-8(13)10(14)7-3-1-2-4-9(7)17(12,15)16/h1-4,8,10,13-14H,5H2,(H2,12,15,16). The highest BCUT2D eigenvalue weighted by atomic mass is 32.2. The highest BCUT2D eigenvalue weighted by molar-refractivity contribution is 7.89. The molecule has 0 saturated heterocycles. The van der Waals surface area contributed by atoms with Crippen molar-refractivity contribution in [3.05, 3.63) is 29.8 Å². The van der Waals surface area contributed by atoms with Crippen LogP contribution in [0.3, 0.4) is 0 Å². The van der Waals surface area contributed by atoms with E-state index in [0.29, 0.717) is 0 Å². The molecule has 0 aliphatic carbocycles. The SMILES string of the molecule is N#CCC(O)C(O)c1ccccc1S(N)(=O)=O. The van der Waals surface area contributed by atoms with E-state index >= 15 is 0 Å². The fourth-order valence-electron chi connectivity index (χ4n) is 1.40. The minimum atomic E-state index is -3.98. The van der Waals surface area contributed by atoms with Gasteiger partial charge in [0, 0.05) is 5.56 Å². The predicted octanol–water partition coefficient (Wildman–Crippen LogP) is -0.358. The summed E-state index contributed by atoms with van der Waals surface area (Å²) in [6.45, 7) is 0. The minimum absolute atomic E-state index is 0.0160. The molecule has 0 spiro atoms. The van der Waals surface area contributed by atoms with Crippen LogP contribution in [-0.4, -0.2) is 24.7 Å². The van der Waals surface area contributed by atoms with Crippen LogP contribution in [0.25, 0.3) is 0 Å². The van der Waals surface area contributed by atoms with Crippen LogP contribution in [0.5, 0.6) is 0 Å². The molecular formula is C10H12N2O4S. The Kier molecular flexibility index (Phi) is 4.20. The molecule has 2 unspecified atom stereocenters. The Hall–Kier alpha value is -1.46. The zero-order valence-electron chi connectivity index (χ0n) is 8.81. The van der Waals surface area contributed by atoms with Crippen molar-refractivity contribution in [2.45, 2.75) is 23.5 Å². The van der Waals surface area contributed by atoms with Crippen molar-refractivity contribution in [2.24, 2.45) is 5.14 Å².